The van der Waals surface area contributed by atoms with Gasteiger partial charge >= 0.3 is 0 Å². The summed E-state index contributed by atoms with van der Waals surface area (Å²) in [7, 11) is -1.95. The van der Waals surface area contributed by atoms with Gasteiger partial charge in [-0.05, 0) is 24.1 Å². The quantitative estimate of drug-likeness (QED) is 0.567. The van der Waals surface area contributed by atoms with Gasteiger partial charge in [-0.15, -0.1) is 10.2 Å². The number of anilines is 2. The molecule has 0 unspecified atom stereocenters. The number of aromatic nitrogens is 2. The topological polar surface area (TPSA) is 92.3 Å². The lowest BCUT2D eigenvalue weighted by Crippen LogP contribution is -2.25. The summed E-state index contributed by atoms with van der Waals surface area (Å²) in [5.74, 6) is 1.12. The molecular formula is C15H20N4O3S3. The minimum atomic E-state index is -3.39. The Morgan fingerprint density at radius 3 is 2.72 bits per heavy atom. The van der Waals surface area contributed by atoms with Crippen LogP contribution in [0.3, 0.4) is 0 Å². The number of benzene rings is 1. The fourth-order valence-electron chi connectivity index (χ4n) is 1.76. The maximum atomic E-state index is 12.4. The molecule has 2 aromatic rings. The first-order chi connectivity index (χ1) is 11.7. The van der Waals surface area contributed by atoms with E-state index in [-0.39, 0.29) is 5.91 Å². The highest BCUT2D eigenvalue weighted by Crippen LogP contribution is 2.27. The summed E-state index contributed by atoms with van der Waals surface area (Å²) in [5.41, 5.74) is 0.764. The Hall–Kier alpha value is -1.65. The van der Waals surface area contributed by atoms with E-state index in [9.17, 15) is 13.2 Å². The van der Waals surface area contributed by atoms with Crippen molar-refractivity contribution >= 4 is 49.8 Å². The Morgan fingerprint density at radius 2 is 2.08 bits per heavy atom. The van der Waals surface area contributed by atoms with Crippen molar-refractivity contribution in [1.82, 2.24) is 10.2 Å². The van der Waals surface area contributed by atoms with E-state index >= 15 is 0 Å². The lowest BCUT2D eigenvalue weighted by Gasteiger charge is -2.17. The van der Waals surface area contributed by atoms with Crippen LogP contribution in [0, 0.1) is 5.92 Å². The molecule has 0 aliphatic rings. The van der Waals surface area contributed by atoms with Crippen LogP contribution in [0.4, 0.5) is 10.8 Å². The van der Waals surface area contributed by atoms with E-state index in [1.807, 2.05) is 0 Å². The Morgan fingerprint density at radius 1 is 1.36 bits per heavy atom. The number of carbonyl (C=O) groups excluding carboxylic acids is 1. The van der Waals surface area contributed by atoms with Crippen molar-refractivity contribution in [1.29, 1.82) is 0 Å². The first kappa shape index (κ1) is 19.7. The van der Waals surface area contributed by atoms with E-state index in [1.165, 1.54) is 24.5 Å². The van der Waals surface area contributed by atoms with Crippen molar-refractivity contribution in [2.75, 3.05) is 28.7 Å². The number of thioether (sulfide) groups is 1. The third-order valence-electron chi connectivity index (χ3n) is 3.14. The maximum absolute atomic E-state index is 12.4. The minimum Gasteiger partial charge on any atom is -0.296 e. The molecule has 0 saturated carbocycles. The highest BCUT2D eigenvalue weighted by Gasteiger charge is 2.15. The Labute approximate surface area is 155 Å². The number of nitrogens with zero attached hydrogens (tertiary/aromatic N) is 3. The Bertz CT molecular complexity index is 849. The summed E-state index contributed by atoms with van der Waals surface area (Å²) in [6.45, 7) is 4.24. The Kier molecular flexibility index (Phi) is 6.42. The van der Waals surface area contributed by atoms with Gasteiger partial charge in [0.1, 0.15) is 0 Å². The van der Waals surface area contributed by atoms with Crippen LogP contribution in [0.15, 0.2) is 28.6 Å². The van der Waals surface area contributed by atoms with E-state index < -0.39 is 10.0 Å². The second-order valence-corrected chi connectivity index (χ2v) is 10.1. The number of rotatable bonds is 7. The van der Waals surface area contributed by atoms with Crippen LogP contribution in [0.1, 0.15) is 24.2 Å². The number of hydrogen-bond donors (Lipinski definition) is 1. The molecule has 1 amide bonds. The van der Waals surface area contributed by atoms with Crippen LogP contribution in [0.2, 0.25) is 0 Å². The van der Waals surface area contributed by atoms with Crippen LogP contribution in [-0.4, -0.2) is 43.6 Å². The fraction of sp³-hybridized carbons (Fsp3) is 0.400. The monoisotopic (exact) mass is 400 g/mol. The summed E-state index contributed by atoms with van der Waals surface area (Å²) in [6.07, 6.45) is 1.11. The summed E-state index contributed by atoms with van der Waals surface area (Å²) >= 11 is 2.92. The molecule has 0 bridgehead atoms. The van der Waals surface area contributed by atoms with E-state index in [2.05, 4.69) is 29.4 Å². The van der Waals surface area contributed by atoms with Gasteiger partial charge in [-0.1, -0.05) is 43.0 Å². The molecule has 7 nitrogen and oxygen atoms in total. The molecule has 0 spiro atoms. The zero-order valence-corrected chi connectivity index (χ0v) is 16.8. The van der Waals surface area contributed by atoms with E-state index in [0.29, 0.717) is 22.3 Å². The molecule has 0 aliphatic heterocycles. The summed E-state index contributed by atoms with van der Waals surface area (Å²) in [6, 6.07) is 6.40. The zero-order chi connectivity index (χ0) is 18.6. The van der Waals surface area contributed by atoms with Gasteiger partial charge in [-0.25, -0.2) is 8.42 Å². The number of nitrogens with one attached hydrogen (secondary N) is 1. The minimum absolute atomic E-state index is 0.347. The first-order valence-corrected chi connectivity index (χ1v) is 11.1. The number of sulfonamides is 1. The highest BCUT2D eigenvalue weighted by atomic mass is 32.2. The summed E-state index contributed by atoms with van der Waals surface area (Å²) < 4.78 is 25.2. The molecule has 0 radical (unpaired) electrons. The normalized spacial score (nSPS) is 11.6. The van der Waals surface area contributed by atoms with Crippen molar-refractivity contribution < 1.29 is 13.2 Å². The smallest absolute Gasteiger partial charge is 0.257 e. The summed E-state index contributed by atoms with van der Waals surface area (Å²) in [5, 5.41) is 11.1. The molecule has 2 rings (SSSR count). The molecule has 136 valence electrons. The van der Waals surface area contributed by atoms with Gasteiger partial charge in [-0.3, -0.25) is 14.4 Å². The van der Waals surface area contributed by atoms with Crippen LogP contribution in [0.5, 0.6) is 0 Å². The zero-order valence-electron chi connectivity index (χ0n) is 14.4. The molecule has 1 N–H and O–H groups in total. The Balaban J connectivity index is 2.09. The fourth-order valence-corrected chi connectivity index (χ4v) is 3.98. The molecule has 25 heavy (non-hydrogen) atoms. The van der Waals surface area contributed by atoms with E-state index in [0.717, 1.165) is 20.7 Å². The van der Waals surface area contributed by atoms with Gasteiger partial charge in [0.2, 0.25) is 15.2 Å². The second kappa shape index (κ2) is 8.15. The lowest BCUT2D eigenvalue weighted by atomic mass is 10.2. The lowest BCUT2D eigenvalue weighted by molar-refractivity contribution is 0.102. The average molecular weight is 401 g/mol. The third kappa shape index (κ3) is 5.68. The maximum Gasteiger partial charge on any atom is 0.257 e. The van der Waals surface area contributed by atoms with Gasteiger partial charge in [0, 0.05) is 18.4 Å². The van der Waals surface area contributed by atoms with Crippen LogP contribution in [0.25, 0.3) is 0 Å². The van der Waals surface area contributed by atoms with Gasteiger partial charge in [0.25, 0.3) is 5.91 Å². The molecule has 0 aliphatic carbocycles. The van der Waals surface area contributed by atoms with Gasteiger partial charge in [0.05, 0.1) is 11.9 Å². The molecule has 1 aromatic carbocycles. The molecular weight excluding hydrogens is 380 g/mol. The molecule has 1 aromatic heterocycles. The summed E-state index contributed by atoms with van der Waals surface area (Å²) in [4.78, 5) is 12.4. The van der Waals surface area contributed by atoms with E-state index in [4.69, 9.17) is 0 Å². The van der Waals surface area contributed by atoms with Crippen molar-refractivity contribution in [3.05, 3.63) is 29.8 Å². The predicted octanol–water partition coefficient (Wildman–Crippen LogP) is 2.93. The second-order valence-electron chi connectivity index (χ2n) is 5.81. The van der Waals surface area contributed by atoms with Gasteiger partial charge in [-0.2, -0.15) is 0 Å². The SMILES string of the molecule is CC(C)CSc1nnc(NC(=O)c2cccc(N(C)S(C)(=O)=O)c2)s1. The van der Waals surface area contributed by atoms with Crippen LogP contribution in [-0.2, 0) is 10.0 Å². The average Bonchev–Trinajstić information content (AvgIpc) is 2.99. The van der Waals surface area contributed by atoms with Crippen LogP contribution >= 0.6 is 23.1 Å². The van der Waals surface area contributed by atoms with Gasteiger partial charge < -0.3 is 0 Å². The standard InChI is InChI=1S/C15H20N4O3S3/c1-10(2)9-23-15-18-17-14(24-15)16-13(20)11-6-5-7-12(8-11)19(3)25(4,21)22/h5-8,10H,9H2,1-4H3,(H,16,17,20). The van der Waals surface area contributed by atoms with Crippen molar-refractivity contribution in [2.24, 2.45) is 5.92 Å². The number of carbonyl (C=O) groups is 1. The largest absolute Gasteiger partial charge is 0.296 e. The first-order valence-electron chi connectivity index (χ1n) is 7.48. The van der Waals surface area contributed by atoms with Gasteiger partial charge in [0.15, 0.2) is 4.34 Å². The van der Waals surface area contributed by atoms with Crippen LogP contribution < -0.4 is 9.62 Å². The molecule has 0 fully saturated rings. The number of amides is 1. The van der Waals surface area contributed by atoms with Crippen molar-refractivity contribution in [3.63, 3.8) is 0 Å². The molecule has 10 heteroatoms. The molecule has 0 atom stereocenters. The van der Waals surface area contributed by atoms with Crippen molar-refractivity contribution in [2.45, 2.75) is 18.2 Å². The number of hydrogen-bond acceptors (Lipinski definition) is 7. The third-order valence-corrected chi connectivity index (χ3v) is 6.74. The molecule has 0 saturated heterocycles. The predicted molar refractivity (Wildman–Crippen MR) is 103 cm³/mol. The van der Waals surface area contributed by atoms with E-state index in [1.54, 1.807) is 30.0 Å². The van der Waals surface area contributed by atoms with Crippen molar-refractivity contribution in [3.8, 4) is 0 Å². The highest BCUT2D eigenvalue weighted by molar-refractivity contribution is 8.01. The molecule has 1 heterocycles.